The van der Waals surface area contributed by atoms with Gasteiger partial charge >= 0.3 is 0 Å². The number of nitrogens with one attached hydrogen (secondary N) is 3. The summed E-state index contributed by atoms with van der Waals surface area (Å²) in [6.07, 6.45) is -0.681. The van der Waals surface area contributed by atoms with Crippen LogP contribution in [-0.2, 0) is 0 Å². The maximum Gasteiger partial charge on any atom is 0.201 e. The molecule has 1 aromatic carbocycles. The molecular formula is C12H13N7O. The van der Waals surface area contributed by atoms with Gasteiger partial charge in [-0.2, -0.15) is 10.4 Å². The van der Waals surface area contributed by atoms with Crippen molar-refractivity contribution in [2.75, 3.05) is 5.43 Å². The van der Waals surface area contributed by atoms with Crippen LogP contribution in [0.1, 0.15) is 18.9 Å². The fourth-order valence-corrected chi connectivity index (χ4v) is 1.56. The van der Waals surface area contributed by atoms with Gasteiger partial charge in [0.25, 0.3) is 0 Å². The Hall–Kier alpha value is -2.92. The molecule has 0 fully saturated rings. The molecule has 1 aromatic heterocycles. The largest absolute Gasteiger partial charge is 0.385 e. The number of nitrogens with two attached hydrogens (primary N) is 1. The lowest BCUT2D eigenvalue weighted by Crippen LogP contribution is -2.21. The molecule has 1 atom stereocenters. The number of amidine groups is 1. The van der Waals surface area contributed by atoms with Crippen molar-refractivity contribution < 1.29 is 5.11 Å². The number of aliphatic hydroxyl groups is 1. The van der Waals surface area contributed by atoms with E-state index in [1.165, 1.54) is 0 Å². The van der Waals surface area contributed by atoms with Crippen molar-refractivity contribution in [2.24, 2.45) is 10.8 Å². The summed E-state index contributed by atoms with van der Waals surface area (Å²) in [4.78, 5) is 7.20. The molecule has 1 unspecified atom stereocenters. The van der Waals surface area contributed by atoms with E-state index in [1.807, 2.05) is 0 Å². The molecule has 102 valence electrons. The summed E-state index contributed by atoms with van der Waals surface area (Å²) in [6, 6.07) is 6.90. The number of aliphatic hydroxyl groups excluding tert-OH is 1. The van der Waals surface area contributed by atoms with Gasteiger partial charge in [-0.1, -0.05) is 0 Å². The molecule has 0 aliphatic heterocycles. The van der Waals surface area contributed by atoms with Gasteiger partial charge in [-0.05, 0) is 25.1 Å². The van der Waals surface area contributed by atoms with E-state index in [2.05, 4.69) is 20.5 Å². The summed E-state index contributed by atoms with van der Waals surface area (Å²) in [5.74, 6) is 0.0705. The summed E-state index contributed by atoms with van der Waals surface area (Å²) in [5.41, 5.74) is 9.67. The lowest BCUT2D eigenvalue weighted by molar-refractivity contribution is 0.190. The number of hydrogen-bond donors (Lipinski definition) is 5. The number of nitriles is 1. The molecule has 0 radical (unpaired) electrons. The summed E-state index contributed by atoms with van der Waals surface area (Å²) < 4.78 is 0. The topological polar surface area (TPSA) is 147 Å². The van der Waals surface area contributed by atoms with Crippen molar-refractivity contribution in [1.82, 2.24) is 9.97 Å². The average Bonchev–Trinajstić information content (AvgIpc) is 2.82. The first kappa shape index (κ1) is 13.5. The third kappa shape index (κ3) is 2.73. The third-order valence-electron chi connectivity index (χ3n) is 2.55. The predicted molar refractivity (Wildman–Crippen MR) is 75.3 cm³/mol. The molecule has 8 nitrogen and oxygen atoms in total. The van der Waals surface area contributed by atoms with Gasteiger partial charge in [0, 0.05) is 0 Å². The van der Waals surface area contributed by atoms with Gasteiger partial charge in [-0.3, -0.25) is 10.8 Å². The molecule has 0 saturated carbocycles. The zero-order chi connectivity index (χ0) is 14.7. The highest BCUT2D eigenvalue weighted by molar-refractivity contribution is 6.45. The second kappa shape index (κ2) is 5.38. The minimum atomic E-state index is -0.681. The highest BCUT2D eigenvalue weighted by Crippen LogP contribution is 2.19. The summed E-state index contributed by atoms with van der Waals surface area (Å²) in [5, 5.41) is 29.1. The number of hydrogen-bond acceptors (Lipinski definition) is 6. The fraction of sp³-hybridized carbons (Fsp3) is 0.167. The van der Waals surface area contributed by atoms with E-state index in [1.54, 1.807) is 31.2 Å². The van der Waals surface area contributed by atoms with E-state index in [-0.39, 0.29) is 5.71 Å². The zero-order valence-corrected chi connectivity index (χ0v) is 10.7. The molecule has 0 bridgehead atoms. The Bertz CT molecular complexity index is 723. The second-order valence-corrected chi connectivity index (χ2v) is 4.13. The Morgan fingerprint density at radius 2 is 2.40 bits per heavy atom. The summed E-state index contributed by atoms with van der Waals surface area (Å²) in [7, 11) is 0. The molecule has 0 spiro atoms. The highest BCUT2D eigenvalue weighted by atomic mass is 16.3. The van der Waals surface area contributed by atoms with Crippen LogP contribution in [0.25, 0.3) is 11.0 Å². The highest BCUT2D eigenvalue weighted by Gasteiger charge is 2.08. The maximum atomic E-state index is 9.46. The van der Waals surface area contributed by atoms with Gasteiger partial charge < -0.3 is 15.8 Å². The molecular weight excluding hydrogens is 258 g/mol. The first-order valence-corrected chi connectivity index (χ1v) is 5.77. The Morgan fingerprint density at radius 1 is 1.65 bits per heavy atom. The van der Waals surface area contributed by atoms with Gasteiger partial charge in [0.05, 0.1) is 16.7 Å². The average molecular weight is 271 g/mol. The van der Waals surface area contributed by atoms with Crippen LogP contribution in [0.15, 0.2) is 23.3 Å². The minimum absolute atomic E-state index is 0.195. The van der Waals surface area contributed by atoms with Crippen LogP contribution in [0.3, 0.4) is 0 Å². The fourth-order valence-electron chi connectivity index (χ4n) is 1.56. The van der Waals surface area contributed by atoms with E-state index < -0.39 is 11.9 Å². The lowest BCUT2D eigenvalue weighted by Gasteiger charge is -2.00. The summed E-state index contributed by atoms with van der Waals surface area (Å²) in [6.45, 7) is 1.62. The molecule has 0 aliphatic rings. The molecule has 20 heavy (non-hydrogen) atoms. The molecule has 0 amide bonds. The Labute approximate surface area is 114 Å². The number of aromatic amines is 1. The van der Waals surface area contributed by atoms with Crippen LogP contribution in [0.4, 0.5) is 5.69 Å². The van der Waals surface area contributed by atoms with Crippen LogP contribution in [0.5, 0.6) is 0 Å². The quantitative estimate of drug-likeness (QED) is 0.317. The van der Waals surface area contributed by atoms with Gasteiger partial charge in [-0.25, -0.2) is 4.98 Å². The van der Waals surface area contributed by atoms with Gasteiger partial charge in [0.2, 0.25) is 5.71 Å². The number of H-pyrrole nitrogens is 1. The van der Waals surface area contributed by atoms with E-state index in [9.17, 15) is 5.11 Å². The van der Waals surface area contributed by atoms with Crippen molar-refractivity contribution in [3.63, 3.8) is 0 Å². The number of nitrogens with zero attached hydrogens (tertiary/aromatic N) is 3. The Morgan fingerprint density at radius 3 is 3.00 bits per heavy atom. The standard InChI is InChI=1S/C12H13N7O/c1-6(20)12-16-8-3-2-7(4-9(8)17-12)18-19-10(5-13)11(14)15/h2-4,6,18,20H,1H3,(H3,14,15)(H,16,17)/b19-10+. The number of imidazole rings is 1. The number of rotatable bonds is 4. The van der Waals surface area contributed by atoms with Crippen molar-refractivity contribution in [3.05, 3.63) is 24.0 Å². The molecule has 2 rings (SSSR count). The molecule has 2 aromatic rings. The SMILES string of the molecule is CC(O)c1nc2ccc(N/N=C(\C#N)C(=N)N)cc2[nH]1. The minimum Gasteiger partial charge on any atom is -0.385 e. The number of benzene rings is 1. The molecule has 1 heterocycles. The molecule has 0 aliphatic carbocycles. The van der Waals surface area contributed by atoms with E-state index in [0.29, 0.717) is 17.0 Å². The predicted octanol–water partition coefficient (Wildman–Crippen LogP) is 0.844. The lowest BCUT2D eigenvalue weighted by atomic mass is 10.3. The van der Waals surface area contributed by atoms with Crippen LogP contribution in [-0.4, -0.2) is 26.6 Å². The number of anilines is 1. The number of hydrazone groups is 1. The van der Waals surface area contributed by atoms with E-state index in [0.717, 1.165) is 5.52 Å². The van der Waals surface area contributed by atoms with E-state index in [4.69, 9.17) is 16.4 Å². The smallest absolute Gasteiger partial charge is 0.201 e. The Kier molecular flexibility index (Phi) is 3.63. The normalized spacial score (nSPS) is 12.9. The first-order chi connectivity index (χ1) is 9.51. The Balaban J connectivity index is 2.28. The van der Waals surface area contributed by atoms with Crippen molar-refractivity contribution in [3.8, 4) is 6.07 Å². The molecule has 0 saturated heterocycles. The number of aromatic nitrogens is 2. The van der Waals surface area contributed by atoms with Crippen LogP contribution in [0, 0.1) is 16.7 Å². The zero-order valence-electron chi connectivity index (χ0n) is 10.7. The number of fused-ring (bicyclic) bond motifs is 1. The summed E-state index contributed by atoms with van der Waals surface area (Å²) >= 11 is 0. The van der Waals surface area contributed by atoms with Gasteiger partial charge in [-0.15, -0.1) is 0 Å². The van der Waals surface area contributed by atoms with Gasteiger partial charge in [0.15, 0.2) is 5.84 Å². The van der Waals surface area contributed by atoms with Crippen LogP contribution in [0.2, 0.25) is 0 Å². The van der Waals surface area contributed by atoms with Crippen LogP contribution >= 0.6 is 0 Å². The van der Waals surface area contributed by atoms with Crippen molar-refractivity contribution in [2.45, 2.75) is 13.0 Å². The van der Waals surface area contributed by atoms with E-state index >= 15 is 0 Å². The van der Waals surface area contributed by atoms with Gasteiger partial charge in [0.1, 0.15) is 18.0 Å². The van der Waals surface area contributed by atoms with Crippen molar-refractivity contribution >= 4 is 28.3 Å². The van der Waals surface area contributed by atoms with Crippen molar-refractivity contribution in [1.29, 1.82) is 10.7 Å². The second-order valence-electron chi connectivity index (χ2n) is 4.13. The molecule has 6 N–H and O–H groups in total. The maximum absolute atomic E-state index is 9.46. The third-order valence-corrected chi connectivity index (χ3v) is 2.55. The monoisotopic (exact) mass is 271 g/mol. The first-order valence-electron chi connectivity index (χ1n) is 5.77. The molecule has 8 heteroatoms. The van der Waals surface area contributed by atoms with Crippen LogP contribution < -0.4 is 11.2 Å².